The number of likely N-dealkylation sites (N-methyl/N-ethyl adjacent to an activating group) is 1. The maximum atomic E-state index is 4.24. The summed E-state index contributed by atoms with van der Waals surface area (Å²) in [6, 6.07) is 6.50. The van der Waals surface area contributed by atoms with Crippen LogP contribution in [0.2, 0.25) is 0 Å². The Balaban J connectivity index is 2.21. The number of nitrogens with zero attached hydrogens (tertiary/aromatic N) is 2. The van der Waals surface area contributed by atoms with Gasteiger partial charge in [-0.2, -0.15) is 0 Å². The maximum absolute atomic E-state index is 4.24. The van der Waals surface area contributed by atoms with Crippen LogP contribution in [0.25, 0.3) is 0 Å². The molecule has 2 rings (SSSR count). The van der Waals surface area contributed by atoms with Gasteiger partial charge in [0.05, 0.1) is 0 Å². The highest BCUT2D eigenvalue weighted by Gasteiger charge is 2.13. The van der Waals surface area contributed by atoms with Crippen molar-refractivity contribution in [3.63, 3.8) is 0 Å². The van der Waals surface area contributed by atoms with E-state index in [2.05, 4.69) is 47.3 Å². The third kappa shape index (κ3) is 3.14. The number of hydrogen-bond acceptors (Lipinski definition) is 3. The summed E-state index contributed by atoms with van der Waals surface area (Å²) < 4.78 is 0. The molecule has 3 heteroatoms. The topological polar surface area (TPSA) is 37.8 Å². The van der Waals surface area contributed by atoms with Crippen molar-refractivity contribution < 1.29 is 0 Å². The van der Waals surface area contributed by atoms with Gasteiger partial charge in [-0.3, -0.25) is 9.97 Å². The van der Waals surface area contributed by atoms with Gasteiger partial charge in [-0.05, 0) is 54.8 Å². The van der Waals surface area contributed by atoms with E-state index in [0.717, 1.165) is 13.0 Å². The van der Waals surface area contributed by atoms with Crippen molar-refractivity contribution in [2.24, 2.45) is 0 Å². The van der Waals surface area contributed by atoms with Crippen LogP contribution in [-0.4, -0.2) is 16.5 Å². The van der Waals surface area contributed by atoms with Crippen LogP contribution in [0.1, 0.15) is 29.7 Å². The smallest absolute Gasteiger partial charge is 0.0378 e. The van der Waals surface area contributed by atoms with Crippen LogP contribution >= 0.6 is 0 Å². The van der Waals surface area contributed by atoms with E-state index in [1.54, 1.807) is 0 Å². The van der Waals surface area contributed by atoms with Crippen molar-refractivity contribution in [2.45, 2.75) is 26.3 Å². The van der Waals surface area contributed by atoms with Gasteiger partial charge < -0.3 is 5.32 Å². The van der Waals surface area contributed by atoms with Crippen LogP contribution in [0.15, 0.2) is 43.0 Å². The third-order valence-electron chi connectivity index (χ3n) is 3.09. The first kappa shape index (κ1) is 12.7. The summed E-state index contributed by atoms with van der Waals surface area (Å²) in [5.74, 6) is 0. The molecule has 0 aliphatic carbocycles. The van der Waals surface area contributed by atoms with Crippen molar-refractivity contribution in [1.29, 1.82) is 0 Å². The Labute approximate surface area is 108 Å². The molecule has 18 heavy (non-hydrogen) atoms. The molecule has 0 saturated heterocycles. The first-order chi connectivity index (χ1) is 8.81. The minimum Gasteiger partial charge on any atom is -0.310 e. The zero-order valence-electron chi connectivity index (χ0n) is 10.9. The lowest BCUT2D eigenvalue weighted by atomic mass is 9.97. The lowest BCUT2D eigenvalue weighted by molar-refractivity contribution is 0.545. The van der Waals surface area contributed by atoms with Gasteiger partial charge in [0, 0.05) is 30.8 Å². The van der Waals surface area contributed by atoms with E-state index in [0.29, 0.717) is 6.04 Å². The summed E-state index contributed by atoms with van der Waals surface area (Å²) in [6.45, 7) is 5.21. The summed E-state index contributed by atoms with van der Waals surface area (Å²) in [5, 5.41) is 3.53. The van der Waals surface area contributed by atoms with Gasteiger partial charge in [0.2, 0.25) is 0 Å². The van der Waals surface area contributed by atoms with Crippen molar-refractivity contribution >= 4 is 0 Å². The van der Waals surface area contributed by atoms with Gasteiger partial charge in [0.15, 0.2) is 0 Å². The lowest BCUT2D eigenvalue weighted by Gasteiger charge is -2.20. The van der Waals surface area contributed by atoms with Gasteiger partial charge in [0.1, 0.15) is 0 Å². The van der Waals surface area contributed by atoms with E-state index in [1.165, 1.54) is 16.7 Å². The van der Waals surface area contributed by atoms with E-state index in [-0.39, 0.29) is 0 Å². The molecule has 0 spiro atoms. The van der Waals surface area contributed by atoms with Crippen LogP contribution in [0, 0.1) is 6.92 Å². The zero-order valence-corrected chi connectivity index (χ0v) is 10.9. The van der Waals surface area contributed by atoms with E-state index < -0.39 is 0 Å². The molecule has 0 aliphatic rings. The summed E-state index contributed by atoms with van der Waals surface area (Å²) in [7, 11) is 0. The van der Waals surface area contributed by atoms with Gasteiger partial charge in [-0.15, -0.1) is 0 Å². The number of aryl methyl sites for hydroxylation is 1. The first-order valence-corrected chi connectivity index (χ1v) is 6.34. The van der Waals surface area contributed by atoms with E-state index in [1.807, 2.05) is 24.8 Å². The molecule has 1 unspecified atom stereocenters. The standard InChI is InChI=1S/C15H19N3/c1-3-18-15(10-13-5-8-16-9-6-13)14-11-17-7-4-12(14)2/h4-9,11,15,18H,3,10H2,1-2H3. The highest BCUT2D eigenvalue weighted by molar-refractivity contribution is 5.27. The maximum Gasteiger partial charge on any atom is 0.0378 e. The molecule has 0 amide bonds. The Morgan fingerprint density at radius 2 is 1.83 bits per heavy atom. The monoisotopic (exact) mass is 241 g/mol. The lowest BCUT2D eigenvalue weighted by Crippen LogP contribution is -2.23. The molecule has 0 aliphatic heterocycles. The molecule has 2 aromatic rings. The number of pyridine rings is 2. The summed E-state index contributed by atoms with van der Waals surface area (Å²) in [4.78, 5) is 8.29. The Hall–Kier alpha value is -1.74. The zero-order chi connectivity index (χ0) is 12.8. The molecule has 3 nitrogen and oxygen atoms in total. The molecule has 94 valence electrons. The van der Waals surface area contributed by atoms with Gasteiger partial charge >= 0.3 is 0 Å². The van der Waals surface area contributed by atoms with Gasteiger partial charge in [-0.25, -0.2) is 0 Å². The normalized spacial score (nSPS) is 12.3. The SMILES string of the molecule is CCNC(Cc1ccncc1)c1cnccc1C. The number of aromatic nitrogens is 2. The summed E-state index contributed by atoms with van der Waals surface area (Å²) >= 11 is 0. The summed E-state index contributed by atoms with van der Waals surface area (Å²) in [5.41, 5.74) is 3.85. The van der Waals surface area contributed by atoms with E-state index >= 15 is 0 Å². The number of rotatable bonds is 5. The Bertz CT molecular complexity index is 482. The molecule has 1 atom stereocenters. The van der Waals surface area contributed by atoms with E-state index in [9.17, 15) is 0 Å². The second-order valence-electron chi connectivity index (χ2n) is 4.40. The molecule has 1 N–H and O–H groups in total. The quantitative estimate of drug-likeness (QED) is 0.874. The fraction of sp³-hybridized carbons (Fsp3) is 0.333. The van der Waals surface area contributed by atoms with Crippen molar-refractivity contribution in [3.05, 3.63) is 59.7 Å². The van der Waals surface area contributed by atoms with Crippen molar-refractivity contribution in [2.75, 3.05) is 6.54 Å². The van der Waals surface area contributed by atoms with Crippen molar-refractivity contribution in [3.8, 4) is 0 Å². The number of nitrogens with one attached hydrogen (secondary N) is 1. The summed E-state index contributed by atoms with van der Waals surface area (Å²) in [6.07, 6.45) is 8.45. The van der Waals surface area contributed by atoms with Crippen molar-refractivity contribution in [1.82, 2.24) is 15.3 Å². The highest BCUT2D eigenvalue weighted by atomic mass is 14.9. The molecule has 0 fully saturated rings. The molecule has 2 aromatic heterocycles. The number of hydrogen-bond donors (Lipinski definition) is 1. The predicted molar refractivity (Wildman–Crippen MR) is 73.3 cm³/mol. The fourth-order valence-corrected chi connectivity index (χ4v) is 2.13. The molecule has 0 bridgehead atoms. The second-order valence-corrected chi connectivity index (χ2v) is 4.40. The van der Waals surface area contributed by atoms with Gasteiger partial charge in [-0.1, -0.05) is 6.92 Å². The van der Waals surface area contributed by atoms with Crippen LogP contribution in [0.3, 0.4) is 0 Å². The van der Waals surface area contributed by atoms with Crippen LogP contribution in [0.4, 0.5) is 0 Å². The van der Waals surface area contributed by atoms with Crippen LogP contribution in [-0.2, 0) is 6.42 Å². The molecule has 2 heterocycles. The Morgan fingerprint density at radius 3 is 2.50 bits per heavy atom. The average Bonchev–Trinajstić information content (AvgIpc) is 2.40. The van der Waals surface area contributed by atoms with E-state index in [4.69, 9.17) is 0 Å². The minimum atomic E-state index is 0.311. The largest absolute Gasteiger partial charge is 0.310 e. The first-order valence-electron chi connectivity index (χ1n) is 6.34. The Kier molecular flexibility index (Phi) is 4.42. The fourth-order valence-electron chi connectivity index (χ4n) is 2.13. The Morgan fingerprint density at radius 1 is 1.11 bits per heavy atom. The molecular formula is C15H19N3. The third-order valence-corrected chi connectivity index (χ3v) is 3.09. The van der Waals surface area contributed by atoms with Crippen LogP contribution < -0.4 is 5.32 Å². The van der Waals surface area contributed by atoms with Crippen LogP contribution in [0.5, 0.6) is 0 Å². The molecule has 0 saturated carbocycles. The molecule has 0 radical (unpaired) electrons. The van der Waals surface area contributed by atoms with Gasteiger partial charge in [0.25, 0.3) is 0 Å². The molecule has 0 aromatic carbocycles. The highest BCUT2D eigenvalue weighted by Crippen LogP contribution is 2.20. The predicted octanol–water partition coefficient (Wildman–Crippen LogP) is 2.68. The second kappa shape index (κ2) is 6.26. The molecular weight excluding hydrogens is 222 g/mol. The minimum absolute atomic E-state index is 0.311. The average molecular weight is 241 g/mol.